The number of pyridine rings is 1. The number of para-hydroxylation sites is 1. The zero-order valence-electron chi connectivity index (χ0n) is 16.9. The summed E-state index contributed by atoms with van der Waals surface area (Å²) in [5.41, 5.74) is 3.79. The Bertz CT molecular complexity index is 1110. The molecule has 0 bridgehead atoms. The van der Waals surface area contributed by atoms with E-state index in [2.05, 4.69) is 10.3 Å². The van der Waals surface area contributed by atoms with Gasteiger partial charge in [0.25, 0.3) is 0 Å². The molecule has 0 aliphatic carbocycles. The fourth-order valence-electron chi connectivity index (χ4n) is 3.35. The average molecular weight is 400 g/mol. The third kappa shape index (κ3) is 4.43. The van der Waals surface area contributed by atoms with Crippen LogP contribution >= 0.6 is 0 Å². The molecule has 6 nitrogen and oxygen atoms in total. The fourth-order valence-corrected chi connectivity index (χ4v) is 3.35. The molecule has 0 atom stereocenters. The van der Waals surface area contributed by atoms with E-state index in [0.29, 0.717) is 13.1 Å². The Kier molecular flexibility index (Phi) is 5.94. The lowest BCUT2D eigenvalue weighted by Crippen LogP contribution is -2.40. The van der Waals surface area contributed by atoms with Crippen molar-refractivity contribution < 1.29 is 9.53 Å². The summed E-state index contributed by atoms with van der Waals surface area (Å²) in [4.78, 5) is 19.2. The van der Waals surface area contributed by atoms with E-state index in [1.807, 2.05) is 89.6 Å². The van der Waals surface area contributed by atoms with Crippen LogP contribution in [0.5, 0.6) is 5.75 Å². The van der Waals surface area contributed by atoms with E-state index in [-0.39, 0.29) is 6.03 Å². The summed E-state index contributed by atoms with van der Waals surface area (Å²) in [5.74, 6) is 0.825. The van der Waals surface area contributed by atoms with Gasteiger partial charge in [-0.25, -0.2) is 9.78 Å². The summed E-state index contributed by atoms with van der Waals surface area (Å²) in [5, 5.41) is 3.04. The van der Waals surface area contributed by atoms with E-state index in [0.717, 1.165) is 34.8 Å². The molecule has 6 heteroatoms. The monoisotopic (exact) mass is 400 g/mol. The molecule has 4 rings (SSSR count). The summed E-state index contributed by atoms with van der Waals surface area (Å²) in [6.45, 7) is 0.964. The van der Waals surface area contributed by atoms with Gasteiger partial charge >= 0.3 is 6.03 Å². The van der Waals surface area contributed by atoms with Crippen molar-refractivity contribution in [2.24, 2.45) is 0 Å². The van der Waals surface area contributed by atoms with E-state index in [1.165, 1.54) is 0 Å². The Morgan fingerprint density at radius 1 is 1.03 bits per heavy atom. The standard InChI is InChI=1S/C24H24N4O2/c1-30-22-12-10-19(11-13-22)14-15-25-24(29)28(20-7-3-2-4-8-20)18-21-17-26-23-9-5-6-16-27(21)23/h2-13,16-17H,14-15,18H2,1H3,(H,25,29). The predicted molar refractivity (Wildman–Crippen MR) is 118 cm³/mol. The van der Waals surface area contributed by atoms with Gasteiger partial charge in [-0.05, 0) is 48.4 Å². The van der Waals surface area contributed by atoms with Crippen molar-refractivity contribution in [3.63, 3.8) is 0 Å². The number of hydrogen-bond acceptors (Lipinski definition) is 3. The van der Waals surface area contributed by atoms with Crippen molar-refractivity contribution in [1.29, 1.82) is 0 Å². The van der Waals surface area contributed by atoms with Crippen LogP contribution in [0.1, 0.15) is 11.3 Å². The number of methoxy groups -OCH3 is 1. The number of nitrogens with one attached hydrogen (secondary N) is 1. The molecular formula is C24H24N4O2. The van der Waals surface area contributed by atoms with Gasteiger partial charge in [0.2, 0.25) is 0 Å². The molecule has 152 valence electrons. The number of rotatable bonds is 7. The van der Waals surface area contributed by atoms with Crippen LogP contribution < -0.4 is 15.0 Å². The zero-order valence-corrected chi connectivity index (χ0v) is 16.9. The summed E-state index contributed by atoms with van der Waals surface area (Å²) in [6.07, 6.45) is 4.52. The quantitative estimate of drug-likeness (QED) is 0.503. The number of aromatic nitrogens is 2. The number of carbonyl (C=O) groups excluding carboxylic acids is 1. The molecule has 0 aliphatic rings. The maximum atomic E-state index is 13.1. The average Bonchev–Trinajstić information content (AvgIpc) is 3.21. The molecule has 2 amide bonds. The van der Waals surface area contributed by atoms with Crippen LogP contribution in [0.4, 0.5) is 10.5 Å². The van der Waals surface area contributed by atoms with Crippen LogP contribution in [0.2, 0.25) is 0 Å². The number of hydrogen-bond donors (Lipinski definition) is 1. The maximum Gasteiger partial charge on any atom is 0.322 e. The highest BCUT2D eigenvalue weighted by molar-refractivity contribution is 5.91. The first-order valence-corrected chi connectivity index (χ1v) is 9.89. The highest BCUT2D eigenvalue weighted by Gasteiger charge is 2.17. The van der Waals surface area contributed by atoms with Crippen molar-refractivity contribution in [3.8, 4) is 5.75 Å². The van der Waals surface area contributed by atoms with Gasteiger partial charge in [-0.2, -0.15) is 0 Å². The van der Waals surface area contributed by atoms with Gasteiger partial charge in [0.15, 0.2) is 0 Å². The summed E-state index contributed by atoms with van der Waals surface area (Å²) in [7, 11) is 1.65. The number of nitrogens with zero attached hydrogens (tertiary/aromatic N) is 3. The number of benzene rings is 2. The SMILES string of the molecule is COc1ccc(CCNC(=O)N(Cc2cnc3ccccn23)c2ccccc2)cc1. The van der Waals surface area contributed by atoms with Crippen molar-refractivity contribution in [1.82, 2.24) is 14.7 Å². The molecule has 0 unspecified atom stereocenters. The van der Waals surface area contributed by atoms with Crippen molar-refractivity contribution in [2.45, 2.75) is 13.0 Å². The fraction of sp³-hybridized carbons (Fsp3) is 0.167. The molecule has 0 saturated heterocycles. The molecule has 1 N–H and O–H groups in total. The van der Waals surface area contributed by atoms with Crippen molar-refractivity contribution in [3.05, 3.63) is 96.4 Å². The minimum atomic E-state index is -0.138. The Morgan fingerprint density at radius 3 is 2.57 bits per heavy atom. The Labute approximate surface area is 175 Å². The molecule has 0 radical (unpaired) electrons. The van der Waals surface area contributed by atoms with Crippen LogP contribution in [0.25, 0.3) is 5.65 Å². The molecule has 0 fully saturated rings. The van der Waals surface area contributed by atoms with Crippen molar-refractivity contribution in [2.75, 3.05) is 18.6 Å². The number of carbonyl (C=O) groups is 1. The van der Waals surface area contributed by atoms with Crippen LogP contribution in [0.15, 0.2) is 85.2 Å². The van der Waals surface area contributed by atoms with E-state index >= 15 is 0 Å². The van der Waals surface area contributed by atoms with E-state index < -0.39 is 0 Å². The number of urea groups is 1. The van der Waals surface area contributed by atoms with Gasteiger partial charge in [0, 0.05) is 18.4 Å². The van der Waals surface area contributed by atoms with Crippen LogP contribution in [-0.4, -0.2) is 29.1 Å². The van der Waals surface area contributed by atoms with Crippen LogP contribution in [0.3, 0.4) is 0 Å². The van der Waals surface area contributed by atoms with Crippen molar-refractivity contribution >= 4 is 17.4 Å². The molecule has 2 heterocycles. The Hall–Kier alpha value is -3.80. The van der Waals surface area contributed by atoms with Gasteiger partial charge < -0.3 is 14.5 Å². The van der Waals surface area contributed by atoms with Gasteiger partial charge in [-0.15, -0.1) is 0 Å². The summed E-state index contributed by atoms with van der Waals surface area (Å²) in [6, 6.07) is 23.3. The lowest BCUT2D eigenvalue weighted by Gasteiger charge is -2.23. The number of imidazole rings is 1. The van der Waals surface area contributed by atoms with E-state index in [9.17, 15) is 4.79 Å². The number of ether oxygens (including phenoxy) is 1. The molecule has 2 aromatic carbocycles. The minimum absolute atomic E-state index is 0.138. The second kappa shape index (κ2) is 9.13. The molecule has 30 heavy (non-hydrogen) atoms. The number of amides is 2. The molecule has 0 spiro atoms. The molecule has 0 aliphatic heterocycles. The largest absolute Gasteiger partial charge is 0.497 e. The smallest absolute Gasteiger partial charge is 0.322 e. The lowest BCUT2D eigenvalue weighted by molar-refractivity contribution is 0.246. The lowest BCUT2D eigenvalue weighted by atomic mass is 10.1. The molecule has 4 aromatic rings. The van der Waals surface area contributed by atoms with E-state index in [1.54, 1.807) is 12.0 Å². The molecular weight excluding hydrogens is 376 g/mol. The highest BCUT2D eigenvalue weighted by atomic mass is 16.5. The first-order chi connectivity index (χ1) is 14.7. The third-order valence-corrected chi connectivity index (χ3v) is 4.98. The van der Waals surface area contributed by atoms with Crippen LogP contribution in [0, 0.1) is 0 Å². The number of anilines is 1. The first-order valence-electron chi connectivity index (χ1n) is 9.89. The number of fused-ring (bicyclic) bond motifs is 1. The zero-order chi connectivity index (χ0) is 20.8. The Balaban J connectivity index is 1.47. The molecule has 0 saturated carbocycles. The normalized spacial score (nSPS) is 10.7. The summed E-state index contributed by atoms with van der Waals surface area (Å²) >= 11 is 0. The van der Waals surface area contributed by atoms with Gasteiger partial charge in [0.1, 0.15) is 11.4 Å². The predicted octanol–water partition coefficient (Wildman–Crippen LogP) is 4.30. The first kappa shape index (κ1) is 19.5. The maximum absolute atomic E-state index is 13.1. The Morgan fingerprint density at radius 2 is 1.80 bits per heavy atom. The topological polar surface area (TPSA) is 58.9 Å². The molecule has 2 aromatic heterocycles. The van der Waals surface area contributed by atoms with E-state index in [4.69, 9.17) is 4.74 Å². The van der Waals surface area contributed by atoms with Crippen LogP contribution in [-0.2, 0) is 13.0 Å². The third-order valence-electron chi connectivity index (χ3n) is 4.98. The highest BCUT2D eigenvalue weighted by Crippen LogP contribution is 2.18. The summed E-state index contributed by atoms with van der Waals surface area (Å²) < 4.78 is 7.19. The minimum Gasteiger partial charge on any atom is -0.497 e. The van der Waals surface area contributed by atoms with Gasteiger partial charge in [-0.3, -0.25) is 4.90 Å². The second-order valence-corrected chi connectivity index (χ2v) is 6.93. The van der Waals surface area contributed by atoms with Gasteiger partial charge in [-0.1, -0.05) is 36.4 Å². The second-order valence-electron chi connectivity index (χ2n) is 6.93. The van der Waals surface area contributed by atoms with Gasteiger partial charge in [0.05, 0.1) is 25.5 Å².